The maximum Gasteiger partial charge on any atom is 0.311 e. The highest BCUT2D eigenvalue weighted by molar-refractivity contribution is 9.10. The van der Waals surface area contributed by atoms with Crippen molar-refractivity contribution in [1.29, 1.82) is 0 Å². The van der Waals surface area contributed by atoms with Crippen LogP contribution in [0.4, 0.5) is 5.69 Å². The molecule has 0 radical (unpaired) electrons. The molecule has 0 spiro atoms. The molecule has 2 unspecified atom stereocenters. The standard InChI is InChI=1S/C14H17BrN2O3/c1-14(13(19)20)6-2-3-11(14)17-12(18)9-5-4-8(15)7-10(9)16/h4-5,7,11H,2-3,6,16H2,1H3,(H,17,18)(H,19,20). The summed E-state index contributed by atoms with van der Waals surface area (Å²) in [7, 11) is 0. The average Bonchev–Trinajstić information content (AvgIpc) is 2.72. The lowest BCUT2D eigenvalue weighted by Gasteiger charge is -2.27. The van der Waals surface area contributed by atoms with Crippen LogP contribution in [0.1, 0.15) is 36.5 Å². The van der Waals surface area contributed by atoms with Crippen molar-refractivity contribution in [3.05, 3.63) is 28.2 Å². The monoisotopic (exact) mass is 340 g/mol. The Morgan fingerprint density at radius 1 is 1.50 bits per heavy atom. The zero-order chi connectivity index (χ0) is 14.9. The number of halogens is 1. The first kappa shape index (κ1) is 14.8. The van der Waals surface area contributed by atoms with E-state index in [1.807, 2.05) is 0 Å². The van der Waals surface area contributed by atoms with Crippen LogP contribution < -0.4 is 11.1 Å². The largest absolute Gasteiger partial charge is 0.481 e. The van der Waals surface area contributed by atoms with Crippen LogP contribution in [-0.2, 0) is 4.79 Å². The lowest BCUT2D eigenvalue weighted by molar-refractivity contribution is -0.148. The Labute approximate surface area is 125 Å². The predicted octanol–water partition coefficient (Wildman–Crippen LogP) is 2.40. The highest BCUT2D eigenvalue weighted by Gasteiger charge is 2.46. The second kappa shape index (κ2) is 5.44. The number of carbonyl (C=O) groups is 2. The number of hydrogen-bond acceptors (Lipinski definition) is 3. The van der Waals surface area contributed by atoms with Crippen LogP contribution in [-0.4, -0.2) is 23.0 Å². The lowest BCUT2D eigenvalue weighted by atomic mass is 9.85. The molecule has 1 fully saturated rings. The topological polar surface area (TPSA) is 92.4 Å². The van der Waals surface area contributed by atoms with Crippen LogP contribution in [0.5, 0.6) is 0 Å². The van der Waals surface area contributed by atoms with Crippen molar-refractivity contribution < 1.29 is 14.7 Å². The number of nitrogens with one attached hydrogen (secondary N) is 1. The van der Waals surface area contributed by atoms with Gasteiger partial charge in [-0.1, -0.05) is 22.4 Å². The van der Waals surface area contributed by atoms with E-state index in [4.69, 9.17) is 5.73 Å². The molecule has 1 aromatic rings. The van der Waals surface area contributed by atoms with E-state index in [9.17, 15) is 14.7 Å². The number of aliphatic carboxylic acids is 1. The van der Waals surface area contributed by atoms with E-state index < -0.39 is 11.4 Å². The summed E-state index contributed by atoms with van der Waals surface area (Å²) in [6, 6.07) is 4.65. The lowest BCUT2D eigenvalue weighted by Crippen LogP contribution is -2.47. The third kappa shape index (κ3) is 2.65. The van der Waals surface area contributed by atoms with E-state index in [2.05, 4.69) is 21.2 Å². The summed E-state index contributed by atoms with van der Waals surface area (Å²) in [5.41, 5.74) is 5.65. The minimum Gasteiger partial charge on any atom is -0.481 e. The molecule has 2 rings (SSSR count). The zero-order valence-electron chi connectivity index (χ0n) is 11.1. The highest BCUT2D eigenvalue weighted by Crippen LogP contribution is 2.38. The molecule has 1 aliphatic rings. The molecule has 4 N–H and O–H groups in total. The Balaban J connectivity index is 2.17. The Morgan fingerprint density at radius 3 is 2.80 bits per heavy atom. The quantitative estimate of drug-likeness (QED) is 0.736. The second-order valence-electron chi connectivity index (χ2n) is 5.37. The molecule has 0 bridgehead atoms. The smallest absolute Gasteiger partial charge is 0.311 e. The fourth-order valence-corrected chi connectivity index (χ4v) is 3.01. The van der Waals surface area contributed by atoms with Crippen molar-refractivity contribution in [3.8, 4) is 0 Å². The van der Waals surface area contributed by atoms with Gasteiger partial charge in [0.1, 0.15) is 0 Å². The first-order valence-corrected chi connectivity index (χ1v) is 7.23. The van der Waals surface area contributed by atoms with Gasteiger partial charge in [-0.2, -0.15) is 0 Å². The number of amides is 1. The molecule has 20 heavy (non-hydrogen) atoms. The Bertz CT molecular complexity index is 561. The molecule has 1 amide bonds. The van der Waals surface area contributed by atoms with E-state index in [0.29, 0.717) is 24.1 Å². The number of anilines is 1. The minimum absolute atomic E-state index is 0.325. The number of benzene rings is 1. The number of nitrogen functional groups attached to an aromatic ring is 1. The van der Waals surface area contributed by atoms with Crippen LogP contribution >= 0.6 is 15.9 Å². The molecular formula is C14H17BrN2O3. The maximum absolute atomic E-state index is 12.2. The van der Waals surface area contributed by atoms with Crippen molar-refractivity contribution in [2.24, 2.45) is 5.41 Å². The van der Waals surface area contributed by atoms with Gasteiger partial charge in [-0.3, -0.25) is 9.59 Å². The maximum atomic E-state index is 12.2. The fourth-order valence-electron chi connectivity index (χ4n) is 2.63. The third-order valence-corrected chi connectivity index (χ3v) is 4.50. The summed E-state index contributed by atoms with van der Waals surface area (Å²) in [4.78, 5) is 23.6. The van der Waals surface area contributed by atoms with E-state index in [-0.39, 0.29) is 11.9 Å². The first-order valence-electron chi connectivity index (χ1n) is 6.44. The van der Waals surface area contributed by atoms with Crippen molar-refractivity contribution in [3.63, 3.8) is 0 Å². The van der Waals surface area contributed by atoms with Gasteiger partial charge < -0.3 is 16.2 Å². The van der Waals surface area contributed by atoms with Crippen molar-refractivity contribution in [1.82, 2.24) is 5.32 Å². The summed E-state index contributed by atoms with van der Waals surface area (Å²) < 4.78 is 0.794. The third-order valence-electron chi connectivity index (χ3n) is 4.01. The van der Waals surface area contributed by atoms with Gasteiger partial charge in [0, 0.05) is 16.2 Å². The second-order valence-corrected chi connectivity index (χ2v) is 6.29. The molecule has 108 valence electrons. The SMILES string of the molecule is CC1(C(=O)O)CCCC1NC(=O)c1ccc(Br)cc1N. The highest BCUT2D eigenvalue weighted by atomic mass is 79.9. The normalized spacial score (nSPS) is 25.4. The molecule has 1 aromatic carbocycles. The number of rotatable bonds is 3. The van der Waals surface area contributed by atoms with E-state index in [1.54, 1.807) is 25.1 Å². The molecular weight excluding hydrogens is 324 g/mol. The summed E-state index contributed by atoms with van der Waals surface area (Å²) >= 11 is 3.28. The molecule has 2 atom stereocenters. The molecule has 5 nitrogen and oxygen atoms in total. The fraction of sp³-hybridized carbons (Fsp3) is 0.429. The molecule has 0 aliphatic heterocycles. The van der Waals surface area contributed by atoms with Gasteiger partial charge in [0.25, 0.3) is 5.91 Å². The van der Waals surface area contributed by atoms with E-state index in [1.165, 1.54) is 0 Å². The van der Waals surface area contributed by atoms with Gasteiger partial charge in [-0.05, 0) is 38.0 Å². The molecule has 6 heteroatoms. The van der Waals surface area contributed by atoms with Gasteiger partial charge in [0.2, 0.25) is 0 Å². The molecule has 1 aliphatic carbocycles. The number of hydrogen-bond donors (Lipinski definition) is 3. The van der Waals surface area contributed by atoms with Crippen molar-refractivity contribution in [2.75, 3.05) is 5.73 Å². The van der Waals surface area contributed by atoms with Gasteiger partial charge in [0.15, 0.2) is 0 Å². The molecule has 1 saturated carbocycles. The zero-order valence-corrected chi connectivity index (χ0v) is 12.7. The van der Waals surface area contributed by atoms with Crippen LogP contribution in [0, 0.1) is 5.41 Å². The van der Waals surface area contributed by atoms with Crippen LogP contribution in [0.15, 0.2) is 22.7 Å². The Morgan fingerprint density at radius 2 is 2.20 bits per heavy atom. The number of carboxylic acids is 1. The summed E-state index contributed by atoms with van der Waals surface area (Å²) in [5, 5.41) is 12.1. The van der Waals surface area contributed by atoms with E-state index in [0.717, 1.165) is 10.9 Å². The number of carboxylic acid groups (broad SMARTS) is 1. The number of carbonyl (C=O) groups excluding carboxylic acids is 1. The summed E-state index contributed by atoms with van der Waals surface area (Å²) in [6.07, 6.45) is 2.04. The van der Waals surface area contributed by atoms with Crippen LogP contribution in [0.2, 0.25) is 0 Å². The van der Waals surface area contributed by atoms with Crippen LogP contribution in [0.3, 0.4) is 0 Å². The summed E-state index contributed by atoms with van der Waals surface area (Å²) in [5.74, 6) is -1.20. The van der Waals surface area contributed by atoms with E-state index >= 15 is 0 Å². The van der Waals surface area contributed by atoms with Crippen molar-refractivity contribution >= 4 is 33.5 Å². The van der Waals surface area contributed by atoms with Crippen LogP contribution in [0.25, 0.3) is 0 Å². The first-order chi connectivity index (χ1) is 9.34. The van der Waals surface area contributed by atoms with Gasteiger partial charge in [-0.15, -0.1) is 0 Å². The molecule has 0 heterocycles. The number of nitrogens with two attached hydrogens (primary N) is 1. The van der Waals surface area contributed by atoms with Crippen molar-refractivity contribution in [2.45, 2.75) is 32.2 Å². The van der Waals surface area contributed by atoms with Gasteiger partial charge in [0.05, 0.1) is 11.0 Å². The molecule has 0 aromatic heterocycles. The van der Waals surface area contributed by atoms with Gasteiger partial charge in [-0.25, -0.2) is 0 Å². The summed E-state index contributed by atoms with van der Waals surface area (Å²) in [6.45, 7) is 1.68. The van der Waals surface area contributed by atoms with Gasteiger partial charge >= 0.3 is 5.97 Å². The predicted molar refractivity (Wildman–Crippen MR) is 79.4 cm³/mol. The Hall–Kier alpha value is -1.56. The molecule has 0 saturated heterocycles. The average molecular weight is 341 g/mol. The minimum atomic E-state index is -0.903. The Kier molecular flexibility index (Phi) is 4.04.